The van der Waals surface area contributed by atoms with Gasteiger partial charge in [0.05, 0.1) is 11.9 Å². The van der Waals surface area contributed by atoms with Gasteiger partial charge < -0.3 is 4.74 Å². The van der Waals surface area contributed by atoms with Crippen LogP contribution in [0.25, 0.3) is 0 Å². The van der Waals surface area contributed by atoms with Gasteiger partial charge in [0.2, 0.25) is 0 Å². The third-order valence-corrected chi connectivity index (χ3v) is 2.07. The molecule has 1 unspecified atom stereocenters. The molecule has 0 radical (unpaired) electrons. The lowest BCUT2D eigenvalue weighted by molar-refractivity contribution is -0.120. The number of carbonyl (C=O) groups is 1. The van der Waals surface area contributed by atoms with Crippen molar-refractivity contribution < 1.29 is 9.53 Å². The molecular formula is C6H9BrO2. The largest absolute Gasteiger partial charge is 0.381 e. The van der Waals surface area contributed by atoms with Crippen LogP contribution in [0.4, 0.5) is 0 Å². The molecule has 1 heterocycles. The molecule has 0 aliphatic carbocycles. The van der Waals surface area contributed by atoms with Crippen LogP contribution in [0.3, 0.4) is 0 Å². The van der Waals surface area contributed by atoms with E-state index in [-0.39, 0.29) is 11.7 Å². The van der Waals surface area contributed by atoms with Crippen LogP contribution in [-0.4, -0.2) is 24.3 Å². The standard InChI is InChI=1S/C6H9BrO2/c7-3-6(8)5-1-2-9-4-5/h5H,1-4H2. The molecule has 0 N–H and O–H groups in total. The molecule has 1 aliphatic heterocycles. The third kappa shape index (κ3) is 1.76. The van der Waals surface area contributed by atoms with Crippen molar-refractivity contribution in [3.63, 3.8) is 0 Å². The number of hydrogen-bond donors (Lipinski definition) is 0. The van der Waals surface area contributed by atoms with E-state index in [0.29, 0.717) is 11.9 Å². The van der Waals surface area contributed by atoms with Gasteiger partial charge in [-0.3, -0.25) is 4.79 Å². The summed E-state index contributed by atoms with van der Waals surface area (Å²) in [5, 5.41) is 0.473. The average molecular weight is 193 g/mol. The Bertz CT molecular complexity index is 108. The van der Waals surface area contributed by atoms with Crippen LogP contribution in [-0.2, 0) is 9.53 Å². The fraction of sp³-hybridized carbons (Fsp3) is 0.833. The molecule has 1 aliphatic rings. The molecule has 1 fully saturated rings. The summed E-state index contributed by atoms with van der Waals surface area (Å²) in [6, 6.07) is 0. The minimum atomic E-state index is 0.171. The van der Waals surface area contributed by atoms with Gasteiger partial charge in [-0.2, -0.15) is 0 Å². The summed E-state index contributed by atoms with van der Waals surface area (Å²) in [5.41, 5.74) is 0. The number of halogens is 1. The van der Waals surface area contributed by atoms with Crippen molar-refractivity contribution in [3.8, 4) is 0 Å². The molecule has 9 heavy (non-hydrogen) atoms. The van der Waals surface area contributed by atoms with Crippen molar-refractivity contribution in [2.24, 2.45) is 5.92 Å². The normalized spacial score (nSPS) is 26.6. The highest BCUT2D eigenvalue weighted by atomic mass is 79.9. The number of Topliss-reactive ketones (excluding diaryl/α,β-unsaturated/α-hetero) is 1. The van der Waals surface area contributed by atoms with Crippen LogP contribution in [0.1, 0.15) is 6.42 Å². The summed E-state index contributed by atoms with van der Waals surface area (Å²) in [6.07, 6.45) is 0.907. The molecule has 3 heteroatoms. The van der Waals surface area contributed by atoms with Gasteiger partial charge in [-0.1, -0.05) is 15.9 Å². The van der Waals surface area contributed by atoms with Crippen LogP contribution in [0.15, 0.2) is 0 Å². The Morgan fingerprint density at radius 2 is 2.56 bits per heavy atom. The summed E-state index contributed by atoms with van der Waals surface area (Å²) in [4.78, 5) is 10.9. The fourth-order valence-corrected chi connectivity index (χ4v) is 1.36. The average Bonchev–Trinajstić information content (AvgIpc) is 2.37. The third-order valence-electron chi connectivity index (χ3n) is 1.52. The van der Waals surface area contributed by atoms with Crippen molar-refractivity contribution in [2.75, 3.05) is 18.5 Å². The number of hydrogen-bond acceptors (Lipinski definition) is 2. The Labute approximate surface area is 62.7 Å². The Balaban J connectivity index is 2.32. The first-order valence-corrected chi connectivity index (χ1v) is 4.13. The van der Waals surface area contributed by atoms with Crippen molar-refractivity contribution in [1.29, 1.82) is 0 Å². The molecular weight excluding hydrogens is 184 g/mol. The van der Waals surface area contributed by atoms with Gasteiger partial charge in [0.1, 0.15) is 5.78 Å². The molecule has 0 amide bonds. The van der Waals surface area contributed by atoms with Gasteiger partial charge in [-0.15, -0.1) is 0 Å². The molecule has 1 saturated heterocycles. The van der Waals surface area contributed by atoms with E-state index in [1.807, 2.05) is 0 Å². The van der Waals surface area contributed by atoms with Gasteiger partial charge in [0, 0.05) is 12.5 Å². The lowest BCUT2D eigenvalue weighted by atomic mass is 10.1. The lowest BCUT2D eigenvalue weighted by Gasteiger charge is -2.00. The number of rotatable bonds is 2. The fourth-order valence-electron chi connectivity index (χ4n) is 0.898. The highest BCUT2D eigenvalue weighted by molar-refractivity contribution is 9.09. The number of ether oxygens (including phenoxy) is 1. The first kappa shape index (κ1) is 7.22. The topological polar surface area (TPSA) is 26.3 Å². The quantitative estimate of drug-likeness (QED) is 0.611. The molecule has 0 aromatic rings. The number of alkyl halides is 1. The summed E-state index contributed by atoms with van der Waals surface area (Å²) in [6.45, 7) is 1.38. The van der Waals surface area contributed by atoms with Crippen LogP contribution in [0.5, 0.6) is 0 Å². The summed E-state index contributed by atoms with van der Waals surface area (Å²) < 4.78 is 5.04. The molecule has 1 atom stereocenters. The lowest BCUT2D eigenvalue weighted by Crippen LogP contribution is -2.14. The predicted molar refractivity (Wildman–Crippen MR) is 37.7 cm³/mol. The van der Waals surface area contributed by atoms with E-state index in [4.69, 9.17) is 4.74 Å². The van der Waals surface area contributed by atoms with Crippen molar-refractivity contribution in [3.05, 3.63) is 0 Å². The number of carbonyl (C=O) groups excluding carboxylic acids is 1. The van der Waals surface area contributed by atoms with Crippen molar-refractivity contribution >= 4 is 21.7 Å². The highest BCUT2D eigenvalue weighted by Gasteiger charge is 2.21. The van der Waals surface area contributed by atoms with Crippen molar-refractivity contribution in [2.45, 2.75) is 6.42 Å². The maximum atomic E-state index is 10.9. The SMILES string of the molecule is O=C(CBr)C1CCOC1. The van der Waals surface area contributed by atoms with E-state index < -0.39 is 0 Å². The molecule has 0 aromatic heterocycles. The molecule has 0 saturated carbocycles. The van der Waals surface area contributed by atoms with Crippen LogP contribution in [0, 0.1) is 5.92 Å². The second-order valence-corrected chi connectivity index (χ2v) is 2.72. The summed E-state index contributed by atoms with van der Waals surface area (Å²) in [7, 11) is 0. The van der Waals surface area contributed by atoms with E-state index in [1.165, 1.54) is 0 Å². The van der Waals surface area contributed by atoms with Crippen molar-refractivity contribution in [1.82, 2.24) is 0 Å². The zero-order valence-corrected chi connectivity index (χ0v) is 6.69. The minimum Gasteiger partial charge on any atom is -0.381 e. The first-order valence-electron chi connectivity index (χ1n) is 3.01. The van der Waals surface area contributed by atoms with Crippen LogP contribution in [0.2, 0.25) is 0 Å². The Kier molecular flexibility index (Phi) is 2.66. The van der Waals surface area contributed by atoms with E-state index >= 15 is 0 Å². The van der Waals surface area contributed by atoms with Gasteiger partial charge in [-0.05, 0) is 6.42 Å². The Hall–Kier alpha value is 0.110. The Morgan fingerprint density at radius 3 is 3.00 bits per heavy atom. The van der Waals surface area contributed by atoms with Gasteiger partial charge in [0.15, 0.2) is 0 Å². The zero-order valence-electron chi connectivity index (χ0n) is 5.10. The predicted octanol–water partition coefficient (Wildman–Crippen LogP) is 0.987. The van der Waals surface area contributed by atoms with Gasteiger partial charge in [0.25, 0.3) is 0 Å². The second kappa shape index (κ2) is 3.32. The molecule has 1 rings (SSSR count). The maximum Gasteiger partial charge on any atom is 0.148 e. The smallest absolute Gasteiger partial charge is 0.148 e. The van der Waals surface area contributed by atoms with Crippen LogP contribution >= 0.6 is 15.9 Å². The van der Waals surface area contributed by atoms with Gasteiger partial charge >= 0.3 is 0 Å². The summed E-state index contributed by atoms with van der Waals surface area (Å²) >= 11 is 3.12. The molecule has 0 aromatic carbocycles. The van der Waals surface area contributed by atoms with Crippen LogP contribution < -0.4 is 0 Å². The van der Waals surface area contributed by atoms with E-state index in [9.17, 15) is 4.79 Å². The molecule has 2 nitrogen and oxygen atoms in total. The number of ketones is 1. The van der Waals surface area contributed by atoms with Gasteiger partial charge in [-0.25, -0.2) is 0 Å². The molecule has 0 bridgehead atoms. The monoisotopic (exact) mass is 192 g/mol. The molecule has 52 valence electrons. The van der Waals surface area contributed by atoms with E-state index in [2.05, 4.69) is 15.9 Å². The maximum absolute atomic E-state index is 10.9. The van der Waals surface area contributed by atoms with E-state index in [0.717, 1.165) is 13.0 Å². The second-order valence-electron chi connectivity index (χ2n) is 2.16. The van der Waals surface area contributed by atoms with E-state index in [1.54, 1.807) is 0 Å². The minimum absolute atomic E-state index is 0.171. The first-order chi connectivity index (χ1) is 4.34. The summed E-state index contributed by atoms with van der Waals surface area (Å²) in [5.74, 6) is 0.442. The Morgan fingerprint density at radius 1 is 1.78 bits per heavy atom. The highest BCUT2D eigenvalue weighted by Crippen LogP contribution is 2.13. The molecule has 0 spiro atoms. The zero-order chi connectivity index (χ0) is 6.69.